The predicted octanol–water partition coefficient (Wildman–Crippen LogP) is 2.06. The molecule has 0 aliphatic heterocycles. The summed E-state index contributed by atoms with van der Waals surface area (Å²) in [5.41, 5.74) is 8.32. The molecule has 1 rings (SSSR count). The first kappa shape index (κ1) is 8.31. The van der Waals surface area contributed by atoms with E-state index < -0.39 is 0 Å². The first-order chi connectivity index (χ1) is 5.11. The summed E-state index contributed by atoms with van der Waals surface area (Å²) >= 11 is 0. The van der Waals surface area contributed by atoms with Crippen LogP contribution in [0.3, 0.4) is 0 Å². The van der Waals surface area contributed by atoms with Gasteiger partial charge >= 0.3 is 0 Å². The van der Waals surface area contributed by atoms with Crippen LogP contribution in [0.4, 0.5) is 0 Å². The van der Waals surface area contributed by atoms with E-state index in [2.05, 4.69) is 6.92 Å². The molecular formula is C9H16N2. The lowest BCUT2D eigenvalue weighted by Crippen LogP contribution is -2.18. The standard InChI is InChI=1S/C9H16N2/c1-6-3-4-8(7(2)10)9(11)5-6/h6,11H,3-5,10H2,1-2H3/b8-7-,11-9?/t6-/m1/s1. The molecule has 0 radical (unpaired) electrons. The zero-order valence-electron chi connectivity index (χ0n) is 7.28. The second-order valence-electron chi connectivity index (χ2n) is 3.49. The molecule has 0 aromatic rings. The number of rotatable bonds is 0. The molecule has 2 nitrogen and oxygen atoms in total. The first-order valence-corrected chi connectivity index (χ1v) is 4.14. The Bertz CT molecular complexity index is 200. The van der Waals surface area contributed by atoms with E-state index in [1.54, 1.807) is 0 Å². The van der Waals surface area contributed by atoms with E-state index in [1.165, 1.54) is 6.42 Å². The minimum atomic E-state index is 0.672. The fourth-order valence-corrected chi connectivity index (χ4v) is 1.55. The third-order valence-corrected chi connectivity index (χ3v) is 2.28. The van der Waals surface area contributed by atoms with Crippen molar-refractivity contribution < 1.29 is 0 Å². The van der Waals surface area contributed by atoms with Gasteiger partial charge in [-0.2, -0.15) is 0 Å². The Balaban J connectivity index is 2.74. The lowest BCUT2D eigenvalue weighted by Gasteiger charge is -2.22. The van der Waals surface area contributed by atoms with Crippen LogP contribution in [0.1, 0.15) is 33.1 Å². The summed E-state index contributed by atoms with van der Waals surface area (Å²) in [5, 5.41) is 7.67. The molecule has 3 N–H and O–H groups in total. The van der Waals surface area contributed by atoms with Gasteiger partial charge in [0.05, 0.1) is 0 Å². The van der Waals surface area contributed by atoms with Crippen LogP contribution < -0.4 is 5.73 Å². The summed E-state index contributed by atoms with van der Waals surface area (Å²) in [4.78, 5) is 0. The Morgan fingerprint density at radius 1 is 1.64 bits per heavy atom. The van der Waals surface area contributed by atoms with Crippen molar-refractivity contribution in [3.63, 3.8) is 0 Å². The van der Waals surface area contributed by atoms with Gasteiger partial charge in [0.2, 0.25) is 0 Å². The van der Waals surface area contributed by atoms with Crippen molar-refractivity contribution in [2.75, 3.05) is 0 Å². The minimum Gasteiger partial charge on any atom is -0.402 e. The van der Waals surface area contributed by atoms with Crippen molar-refractivity contribution in [2.24, 2.45) is 11.7 Å². The second kappa shape index (κ2) is 3.07. The smallest absolute Gasteiger partial charge is 0.0365 e. The molecule has 0 aromatic heterocycles. The summed E-state index contributed by atoms with van der Waals surface area (Å²) in [6, 6.07) is 0. The van der Waals surface area contributed by atoms with Crippen LogP contribution in [0.2, 0.25) is 0 Å². The fraction of sp³-hybridized carbons (Fsp3) is 0.667. The molecule has 1 fully saturated rings. The Morgan fingerprint density at radius 2 is 2.27 bits per heavy atom. The van der Waals surface area contributed by atoms with Crippen molar-refractivity contribution in [1.29, 1.82) is 5.41 Å². The Labute approximate surface area is 68.0 Å². The van der Waals surface area contributed by atoms with E-state index in [1.807, 2.05) is 6.92 Å². The molecule has 1 aliphatic carbocycles. The lowest BCUT2D eigenvalue weighted by atomic mass is 9.85. The van der Waals surface area contributed by atoms with Crippen molar-refractivity contribution in [2.45, 2.75) is 33.1 Å². The Morgan fingerprint density at radius 3 is 2.73 bits per heavy atom. The van der Waals surface area contributed by atoms with Gasteiger partial charge < -0.3 is 11.1 Å². The van der Waals surface area contributed by atoms with Crippen LogP contribution in [0, 0.1) is 11.3 Å². The lowest BCUT2D eigenvalue weighted by molar-refractivity contribution is 0.531. The van der Waals surface area contributed by atoms with E-state index in [9.17, 15) is 0 Å². The average Bonchev–Trinajstić information content (AvgIpc) is 1.85. The summed E-state index contributed by atoms with van der Waals surface area (Å²) in [6.45, 7) is 4.08. The molecule has 1 saturated carbocycles. The van der Waals surface area contributed by atoms with Crippen LogP contribution in [0.25, 0.3) is 0 Å². The highest BCUT2D eigenvalue weighted by atomic mass is 14.6. The van der Waals surface area contributed by atoms with Crippen LogP contribution in [-0.4, -0.2) is 5.71 Å². The largest absolute Gasteiger partial charge is 0.402 e. The summed E-state index contributed by atoms with van der Waals surface area (Å²) in [6.07, 6.45) is 3.10. The van der Waals surface area contributed by atoms with E-state index in [4.69, 9.17) is 11.1 Å². The zero-order valence-corrected chi connectivity index (χ0v) is 7.28. The van der Waals surface area contributed by atoms with Crippen LogP contribution in [0.15, 0.2) is 11.3 Å². The molecule has 62 valence electrons. The van der Waals surface area contributed by atoms with Crippen molar-refractivity contribution in [3.8, 4) is 0 Å². The van der Waals surface area contributed by atoms with Gasteiger partial charge in [-0.3, -0.25) is 0 Å². The van der Waals surface area contributed by atoms with Gasteiger partial charge in [-0.25, -0.2) is 0 Å². The van der Waals surface area contributed by atoms with Gasteiger partial charge in [0.15, 0.2) is 0 Å². The predicted molar refractivity (Wildman–Crippen MR) is 47.6 cm³/mol. The highest BCUT2D eigenvalue weighted by molar-refractivity contribution is 5.98. The average molecular weight is 152 g/mol. The van der Waals surface area contributed by atoms with E-state index >= 15 is 0 Å². The molecule has 1 atom stereocenters. The highest BCUT2D eigenvalue weighted by Crippen LogP contribution is 2.25. The maximum absolute atomic E-state index is 7.67. The van der Waals surface area contributed by atoms with Crippen LogP contribution >= 0.6 is 0 Å². The zero-order chi connectivity index (χ0) is 8.43. The number of nitrogens with one attached hydrogen (secondary N) is 1. The number of allylic oxidation sites excluding steroid dienone is 2. The SMILES string of the molecule is C/C(N)=C1\CC[C@@H](C)CC1=N. The van der Waals surface area contributed by atoms with Gasteiger partial charge in [-0.15, -0.1) is 0 Å². The minimum absolute atomic E-state index is 0.672. The van der Waals surface area contributed by atoms with Crippen molar-refractivity contribution >= 4 is 5.71 Å². The highest BCUT2D eigenvalue weighted by Gasteiger charge is 2.18. The number of nitrogens with two attached hydrogens (primary N) is 1. The Hall–Kier alpha value is -0.790. The van der Waals surface area contributed by atoms with E-state index in [0.717, 1.165) is 29.8 Å². The van der Waals surface area contributed by atoms with Crippen LogP contribution in [-0.2, 0) is 0 Å². The van der Waals surface area contributed by atoms with Crippen molar-refractivity contribution in [3.05, 3.63) is 11.3 Å². The monoisotopic (exact) mass is 152 g/mol. The summed E-state index contributed by atoms with van der Waals surface area (Å²) in [5.74, 6) is 0.672. The van der Waals surface area contributed by atoms with Gasteiger partial charge in [0, 0.05) is 11.4 Å². The molecule has 0 amide bonds. The summed E-state index contributed by atoms with van der Waals surface area (Å²) in [7, 11) is 0. The number of hydrogen-bond acceptors (Lipinski definition) is 2. The normalized spacial score (nSPS) is 30.4. The maximum Gasteiger partial charge on any atom is 0.0365 e. The molecule has 0 saturated heterocycles. The number of hydrogen-bond donors (Lipinski definition) is 2. The Kier molecular flexibility index (Phi) is 2.32. The van der Waals surface area contributed by atoms with Crippen molar-refractivity contribution in [1.82, 2.24) is 0 Å². The molecule has 0 heterocycles. The molecule has 2 heteroatoms. The molecule has 1 aliphatic rings. The summed E-state index contributed by atoms with van der Waals surface area (Å²) < 4.78 is 0. The fourth-order valence-electron chi connectivity index (χ4n) is 1.55. The third-order valence-electron chi connectivity index (χ3n) is 2.28. The molecule has 0 aromatic carbocycles. The van der Waals surface area contributed by atoms with Gasteiger partial charge in [0.25, 0.3) is 0 Å². The molecule has 11 heavy (non-hydrogen) atoms. The quantitative estimate of drug-likeness (QED) is 0.548. The molecule has 0 unspecified atom stereocenters. The van der Waals surface area contributed by atoms with E-state index in [0.29, 0.717) is 5.92 Å². The maximum atomic E-state index is 7.67. The van der Waals surface area contributed by atoms with E-state index in [-0.39, 0.29) is 0 Å². The van der Waals surface area contributed by atoms with Gasteiger partial charge in [0.1, 0.15) is 0 Å². The second-order valence-corrected chi connectivity index (χ2v) is 3.49. The van der Waals surface area contributed by atoms with Gasteiger partial charge in [-0.05, 0) is 37.7 Å². The first-order valence-electron chi connectivity index (χ1n) is 4.14. The topological polar surface area (TPSA) is 49.9 Å². The van der Waals surface area contributed by atoms with Gasteiger partial charge in [-0.1, -0.05) is 6.92 Å². The third kappa shape index (κ3) is 1.82. The molecular weight excluding hydrogens is 136 g/mol. The molecule has 0 bridgehead atoms. The van der Waals surface area contributed by atoms with Crippen LogP contribution in [0.5, 0.6) is 0 Å². The molecule has 0 spiro atoms.